The Hall–Kier alpha value is -1.64. The van der Waals surface area contributed by atoms with Crippen LogP contribution in [0.3, 0.4) is 0 Å². The first-order valence-corrected chi connectivity index (χ1v) is 10.2. The molecule has 1 N–H and O–H groups in total. The second-order valence-corrected chi connectivity index (χ2v) is 7.87. The van der Waals surface area contributed by atoms with Gasteiger partial charge in [-0.3, -0.25) is 0 Å². The molecule has 128 valence electrons. The van der Waals surface area contributed by atoms with Crippen LogP contribution in [0, 0.1) is 0 Å². The highest BCUT2D eigenvalue weighted by molar-refractivity contribution is 9.10. The normalized spacial score (nSPS) is 11.0. The minimum atomic E-state index is -3.21. The van der Waals surface area contributed by atoms with Crippen molar-refractivity contribution in [1.29, 1.82) is 0 Å². The molecule has 9 heteroatoms. The van der Waals surface area contributed by atoms with Gasteiger partial charge in [-0.2, -0.15) is 9.61 Å². The molecule has 3 rings (SSSR count). The van der Waals surface area contributed by atoms with E-state index in [1.807, 2.05) is 13.8 Å². The second kappa shape index (κ2) is 7.50. The Kier molecular flexibility index (Phi) is 5.84. The van der Waals surface area contributed by atoms with Gasteiger partial charge in [0.25, 0.3) is 0 Å². The maximum atomic E-state index is 11.5. The highest BCUT2D eigenvalue weighted by Gasteiger charge is 2.10. The van der Waals surface area contributed by atoms with Gasteiger partial charge < -0.3 is 5.32 Å². The van der Waals surface area contributed by atoms with Gasteiger partial charge in [-0.15, -0.1) is 0 Å². The molecule has 2 heterocycles. The number of hydrogen-bond acceptors (Lipinski definition) is 5. The summed E-state index contributed by atoms with van der Waals surface area (Å²) < 4.78 is 25.2. The molecule has 0 spiro atoms. The lowest BCUT2D eigenvalue weighted by Gasteiger charge is -2.09. The first kappa shape index (κ1) is 18.7. The first-order chi connectivity index (χ1) is 11.3. The molecule has 0 saturated heterocycles. The number of benzene rings is 1. The number of anilines is 2. The van der Waals surface area contributed by atoms with E-state index in [1.165, 1.54) is 18.4 Å². The quantitative estimate of drug-likeness (QED) is 0.625. The summed E-state index contributed by atoms with van der Waals surface area (Å²) in [5.41, 5.74) is 1.30. The van der Waals surface area contributed by atoms with Crippen molar-refractivity contribution in [1.82, 2.24) is 14.6 Å². The van der Waals surface area contributed by atoms with Crippen molar-refractivity contribution >= 4 is 54.5 Å². The molecule has 24 heavy (non-hydrogen) atoms. The summed E-state index contributed by atoms with van der Waals surface area (Å²) in [6, 6.07) is 8.07. The molecule has 3 aromatic rings. The molecule has 0 unspecified atom stereocenters. The third-order valence-electron chi connectivity index (χ3n) is 2.95. The lowest BCUT2D eigenvalue weighted by molar-refractivity contribution is 0.602. The van der Waals surface area contributed by atoms with Crippen molar-refractivity contribution in [2.24, 2.45) is 0 Å². The smallest absolute Gasteiger partial charge is 0.175 e. The van der Waals surface area contributed by atoms with Gasteiger partial charge >= 0.3 is 0 Å². The van der Waals surface area contributed by atoms with Gasteiger partial charge in [-0.25, -0.2) is 13.4 Å². The molecule has 2 aromatic heterocycles. The standard InChI is InChI=1S/C13H10BrClN4O2S.C2H6/c1-22(20,21)9-4-2-8(3-5-9)17-12-6-11(15)18-13-10(14)7-16-19(12)13;1-2/h2-7,17H,1H3;1-2H3. The predicted molar refractivity (Wildman–Crippen MR) is 99.9 cm³/mol. The van der Waals surface area contributed by atoms with E-state index in [1.54, 1.807) is 28.9 Å². The Bertz CT molecular complexity index is 956. The zero-order chi connectivity index (χ0) is 17.9. The number of rotatable bonds is 3. The van der Waals surface area contributed by atoms with E-state index in [2.05, 4.69) is 31.3 Å². The summed E-state index contributed by atoms with van der Waals surface area (Å²) >= 11 is 9.36. The summed E-state index contributed by atoms with van der Waals surface area (Å²) in [5.74, 6) is 0.618. The van der Waals surface area contributed by atoms with Crippen LogP contribution in [-0.2, 0) is 9.84 Å². The van der Waals surface area contributed by atoms with E-state index < -0.39 is 9.84 Å². The molecule has 0 fully saturated rings. The summed E-state index contributed by atoms with van der Waals surface area (Å²) in [6.07, 6.45) is 2.79. The average molecular weight is 432 g/mol. The molecular formula is C15H16BrClN4O2S. The molecule has 0 radical (unpaired) electrons. The lowest BCUT2D eigenvalue weighted by atomic mass is 10.3. The summed E-state index contributed by atoms with van der Waals surface area (Å²) in [5, 5.41) is 7.67. The third-order valence-corrected chi connectivity index (χ3v) is 4.83. The molecule has 0 aliphatic rings. The minimum Gasteiger partial charge on any atom is -0.340 e. The zero-order valence-electron chi connectivity index (χ0n) is 13.3. The summed E-state index contributed by atoms with van der Waals surface area (Å²) in [4.78, 5) is 4.45. The third kappa shape index (κ3) is 4.06. The fraction of sp³-hybridized carbons (Fsp3) is 0.200. The summed E-state index contributed by atoms with van der Waals surface area (Å²) in [7, 11) is -3.21. The first-order valence-electron chi connectivity index (χ1n) is 7.11. The lowest BCUT2D eigenvalue weighted by Crippen LogP contribution is -2.02. The zero-order valence-corrected chi connectivity index (χ0v) is 16.4. The van der Waals surface area contributed by atoms with Crippen LogP contribution < -0.4 is 5.32 Å². The number of hydrogen-bond donors (Lipinski definition) is 1. The van der Waals surface area contributed by atoms with E-state index in [4.69, 9.17) is 11.6 Å². The number of sulfone groups is 1. The van der Waals surface area contributed by atoms with Gasteiger partial charge in [-0.1, -0.05) is 25.4 Å². The van der Waals surface area contributed by atoms with Crippen LogP contribution in [0.1, 0.15) is 13.8 Å². The number of halogens is 2. The molecule has 1 aromatic carbocycles. The topological polar surface area (TPSA) is 76.4 Å². The summed E-state index contributed by atoms with van der Waals surface area (Å²) in [6.45, 7) is 4.00. The number of fused-ring (bicyclic) bond motifs is 1. The number of nitrogens with one attached hydrogen (secondary N) is 1. The molecule has 0 bridgehead atoms. The van der Waals surface area contributed by atoms with Gasteiger partial charge in [0.05, 0.1) is 15.6 Å². The van der Waals surface area contributed by atoms with Crippen molar-refractivity contribution in [2.75, 3.05) is 11.6 Å². The Labute approximate surface area is 153 Å². The van der Waals surface area contributed by atoms with Crippen LogP contribution in [0.2, 0.25) is 5.15 Å². The molecule has 6 nitrogen and oxygen atoms in total. The highest BCUT2D eigenvalue weighted by Crippen LogP contribution is 2.25. The maximum absolute atomic E-state index is 11.5. The predicted octanol–water partition coefficient (Wildman–Crippen LogP) is 4.32. The van der Waals surface area contributed by atoms with Crippen molar-refractivity contribution in [3.8, 4) is 0 Å². The van der Waals surface area contributed by atoms with Crippen molar-refractivity contribution in [3.63, 3.8) is 0 Å². The van der Waals surface area contributed by atoms with Crippen LogP contribution >= 0.6 is 27.5 Å². The maximum Gasteiger partial charge on any atom is 0.175 e. The van der Waals surface area contributed by atoms with Crippen molar-refractivity contribution in [3.05, 3.63) is 46.2 Å². The van der Waals surface area contributed by atoms with Gasteiger partial charge in [0.2, 0.25) is 0 Å². The molecule has 0 atom stereocenters. The molecule has 0 aliphatic carbocycles. The Morgan fingerprint density at radius 1 is 1.21 bits per heavy atom. The number of nitrogens with zero attached hydrogens (tertiary/aromatic N) is 3. The van der Waals surface area contributed by atoms with E-state index in [0.29, 0.717) is 22.3 Å². The Balaban J connectivity index is 0.00000100. The van der Waals surface area contributed by atoms with E-state index in [9.17, 15) is 8.42 Å². The molecule has 0 saturated carbocycles. The van der Waals surface area contributed by atoms with E-state index in [0.717, 1.165) is 4.47 Å². The van der Waals surface area contributed by atoms with Gasteiger partial charge in [0.1, 0.15) is 11.0 Å². The fourth-order valence-electron chi connectivity index (χ4n) is 1.93. The van der Waals surface area contributed by atoms with Gasteiger partial charge in [0.15, 0.2) is 15.5 Å². The van der Waals surface area contributed by atoms with Gasteiger partial charge in [-0.05, 0) is 40.2 Å². The Morgan fingerprint density at radius 3 is 2.42 bits per heavy atom. The van der Waals surface area contributed by atoms with Crippen LogP contribution in [0.15, 0.2) is 45.9 Å². The monoisotopic (exact) mass is 430 g/mol. The minimum absolute atomic E-state index is 0.262. The van der Waals surface area contributed by atoms with E-state index in [-0.39, 0.29) is 4.90 Å². The number of aromatic nitrogens is 3. The SMILES string of the molecule is CC.CS(=O)(=O)c1ccc(Nc2cc(Cl)nc3c(Br)cnn23)cc1. The van der Waals surface area contributed by atoms with Gasteiger partial charge in [0, 0.05) is 18.0 Å². The van der Waals surface area contributed by atoms with Crippen molar-refractivity contribution < 1.29 is 8.42 Å². The second-order valence-electron chi connectivity index (χ2n) is 4.61. The van der Waals surface area contributed by atoms with Crippen LogP contribution in [0.4, 0.5) is 11.5 Å². The fourth-order valence-corrected chi connectivity index (χ4v) is 3.09. The highest BCUT2D eigenvalue weighted by atomic mass is 79.9. The van der Waals surface area contributed by atoms with Crippen LogP contribution in [0.5, 0.6) is 0 Å². The Morgan fingerprint density at radius 2 is 1.83 bits per heavy atom. The molecule has 0 amide bonds. The van der Waals surface area contributed by atoms with E-state index >= 15 is 0 Å². The molecule has 0 aliphatic heterocycles. The van der Waals surface area contributed by atoms with Crippen molar-refractivity contribution in [2.45, 2.75) is 18.7 Å². The average Bonchev–Trinajstić information content (AvgIpc) is 2.90. The van der Waals surface area contributed by atoms with Crippen LogP contribution in [-0.4, -0.2) is 29.3 Å². The largest absolute Gasteiger partial charge is 0.340 e. The molecular weight excluding hydrogens is 416 g/mol. The van der Waals surface area contributed by atoms with Crippen LogP contribution in [0.25, 0.3) is 5.65 Å².